The highest BCUT2D eigenvalue weighted by molar-refractivity contribution is 5.97. The molecule has 1 fully saturated rings. The lowest BCUT2D eigenvalue weighted by Crippen LogP contribution is -3.11. The average molecular weight is 382 g/mol. The fourth-order valence-corrected chi connectivity index (χ4v) is 3.90. The molecule has 2 heterocycles. The number of carbonyl (C=O) groups excluding carboxylic acids is 1. The molecule has 0 amide bonds. The van der Waals surface area contributed by atoms with E-state index in [-0.39, 0.29) is 23.3 Å². The standard InChI is InChI=1S/C22H21F2N3O/c23-19-5-1-15(2-6-19)21-18(13-25-26-21)14-27-11-9-17(10-12-27)22(28)16-3-7-20(24)8-4-16/h1-8,13,17H,9-12,14H2,(H,25,26)/p+1. The zero-order chi connectivity index (χ0) is 19.5. The van der Waals surface area contributed by atoms with E-state index in [1.165, 1.54) is 29.2 Å². The van der Waals surface area contributed by atoms with Gasteiger partial charge in [0.25, 0.3) is 0 Å². The summed E-state index contributed by atoms with van der Waals surface area (Å²) in [6, 6.07) is 12.2. The molecule has 1 aliphatic rings. The van der Waals surface area contributed by atoms with Crippen LogP contribution in [0.2, 0.25) is 0 Å². The molecular weight excluding hydrogens is 360 g/mol. The number of aromatic amines is 1. The molecule has 0 bridgehead atoms. The summed E-state index contributed by atoms with van der Waals surface area (Å²) in [6.07, 6.45) is 3.45. The highest BCUT2D eigenvalue weighted by atomic mass is 19.1. The van der Waals surface area contributed by atoms with Gasteiger partial charge in [-0.3, -0.25) is 9.89 Å². The largest absolute Gasteiger partial charge is 0.331 e. The van der Waals surface area contributed by atoms with Gasteiger partial charge in [-0.25, -0.2) is 8.78 Å². The van der Waals surface area contributed by atoms with Crippen molar-refractivity contribution in [2.75, 3.05) is 13.1 Å². The SMILES string of the molecule is O=C(c1ccc(F)cc1)C1CC[NH+](Cc2cn[nH]c2-c2ccc(F)cc2)CC1. The summed E-state index contributed by atoms with van der Waals surface area (Å²) in [5, 5.41) is 7.17. The number of quaternary nitrogens is 1. The van der Waals surface area contributed by atoms with Gasteiger partial charge in [0.05, 0.1) is 30.5 Å². The third-order valence-electron chi connectivity index (χ3n) is 5.48. The van der Waals surface area contributed by atoms with Gasteiger partial charge in [0.2, 0.25) is 0 Å². The lowest BCUT2D eigenvalue weighted by atomic mass is 9.88. The van der Waals surface area contributed by atoms with E-state index in [0.717, 1.165) is 49.3 Å². The van der Waals surface area contributed by atoms with Crippen molar-refractivity contribution in [3.05, 3.63) is 77.5 Å². The van der Waals surface area contributed by atoms with Crippen LogP contribution in [0.4, 0.5) is 8.78 Å². The number of Topliss-reactive ketones (excluding diaryl/α,β-unsaturated/α-hetero) is 1. The van der Waals surface area contributed by atoms with Gasteiger partial charge >= 0.3 is 0 Å². The van der Waals surface area contributed by atoms with Crippen molar-refractivity contribution in [1.29, 1.82) is 0 Å². The molecule has 3 aromatic rings. The Morgan fingerprint density at radius 2 is 1.61 bits per heavy atom. The number of halogens is 2. The topological polar surface area (TPSA) is 50.2 Å². The molecule has 4 rings (SSSR count). The second-order valence-corrected chi connectivity index (χ2v) is 7.35. The molecule has 0 radical (unpaired) electrons. The first-order chi connectivity index (χ1) is 13.6. The summed E-state index contributed by atoms with van der Waals surface area (Å²) < 4.78 is 26.2. The highest BCUT2D eigenvalue weighted by Crippen LogP contribution is 2.22. The molecule has 0 spiro atoms. The normalized spacial score (nSPS) is 19.5. The number of nitrogens with zero attached hydrogens (tertiary/aromatic N) is 1. The molecule has 6 heteroatoms. The molecule has 1 aromatic heterocycles. The van der Waals surface area contributed by atoms with E-state index in [9.17, 15) is 13.6 Å². The predicted octanol–water partition coefficient (Wildman–Crippen LogP) is 3.03. The van der Waals surface area contributed by atoms with Gasteiger partial charge in [0.15, 0.2) is 5.78 Å². The zero-order valence-electron chi connectivity index (χ0n) is 15.4. The number of hydrogen-bond donors (Lipinski definition) is 2. The van der Waals surface area contributed by atoms with Gasteiger partial charge in [0.1, 0.15) is 18.2 Å². The van der Waals surface area contributed by atoms with Crippen molar-refractivity contribution < 1.29 is 18.5 Å². The molecule has 0 unspecified atom stereocenters. The number of carbonyl (C=O) groups is 1. The minimum Gasteiger partial charge on any atom is -0.331 e. The molecule has 2 N–H and O–H groups in total. The van der Waals surface area contributed by atoms with Crippen LogP contribution in [-0.4, -0.2) is 29.1 Å². The second-order valence-electron chi connectivity index (χ2n) is 7.35. The van der Waals surface area contributed by atoms with E-state index >= 15 is 0 Å². The van der Waals surface area contributed by atoms with Crippen molar-refractivity contribution in [3.8, 4) is 11.3 Å². The Kier molecular flexibility index (Phi) is 5.30. The van der Waals surface area contributed by atoms with Crippen LogP contribution in [0.1, 0.15) is 28.8 Å². The summed E-state index contributed by atoms with van der Waals surface area (Å²) >= 11 is 0. The van der Waals surface area contributed by atoms with Crippen LogP contribution in [0, 0.1) is 17.6 Å². The Morgan fingerprint density at radius 1 is 1.00 bits per heavy atom. The van der Waals surface area contributed by atoms with Crippen LogP contribution in [0.15, 0.2) is 54.7 Å². The minimum absolute atomic E-state index is 0.00451. The van der Waals surface area contributed by atoms with Crippen LogP contribution in [-0.2, 0) is 6.54 Å². The first-order valence-corrected chi connectivity index (χ1v) is 9.51. The minimum atomic E-state index is -0.326. The molecule has 0 aliphatic carbocycles. The van der Waals surface area contributed by atoms with E-state index < -0.39 is 0 Å². The monoisotopic (exact) mass is 382 g/mol. The van der Waals surface area contributed by atoms with Gasteiger partial charge in [-0.15, -0.1) is 0 Å². The lowest BCUT2D eigenvalue weighted by Gasteiger charge is -2.28. The van der Waals surface area contributed by atoms with Crippen molar-refractivity contribution in [2.24, 2.45) is 5.92 Å². The van der Waals surface area contributed by atoms with Crippen molar-refractivity contribution >= 4 is 5.78 Å². The summed E-state index contributed by atoms with van der Waals surface area (Å²) in [5.74, 6) is -0.485. The molecule has 1 aliphatic heterocycles. The Hall–Kier alpha value is -2.86. The van der Waals surface area contributed by atoms with E-state index in [2.05, 4.69) is 10.2 Å². The molecule has 0 saturated carbocycles. The van der Waals surface area contributed by atoms with Gasteiger partial charge in [-0.2, -0.15) is 5.10 Å². The van der Waals surface area contributed by atoms with Crippen molar-refractivity contribution in [2.45, 2.75) is 19.4 Å². The Labute approximate surface area is 162 Å². The average Bonchev–Trinajstić information content (AvgIpc) is 3.17. The number of aromatic nitrogens is 2. The number of benzene rings is 2. The molecular formula is C22H22F2N3O+. The van der Waals surface area contributed by atoms with Crippen LogP contribution >= 0.6 is 0 Å². The maximum atomic E-state index is 13.2. The summed E-state index contributed by atoms with van der Waals surface area (Å²) in [5.41, 5.74) is 3.50. The third-order valence-corrected chi connectivity index (χ3v) is 5.48. The van der Waals surface area contributed by atoms with Gasteiger partial charge in [-0.05, 0) is 48.5 Å². The quantitative estimate of drug-likeness (QED) is 0.667. The highest BCUT2D eigenvalue weighted by Gasteiger charge is 2.28. The first kappa shape index (κ1) is 18.5. The smallest absolute Gasteiger partial charge is 0.166 e. The number of rotatable bonds is 5. The Morgan fingerprint density at radius 3 is 2.25 bits per heavy atom. The fraction of sp³-hybridized carbons (Fsp3) is 0.273. The second kappa shape index (κ2) is 8.02. The molecule has 2 aromatic carbocycles. The van der Waals surface area contributed by atoms with Crippen LogP contribution in [0.3, 0.4) is 0 Å². The molecule has 1 saturated heterocycles. The maximum absolute atomic E-state index is 13.2. The van der Waals surface area contributed by atoms with Crippen LogP contribution < -0.4 is 4.90 Å². The summed E-state index contributed by atoms with van der Waals surface area (Å²) in [7, 11) is 0. The summed E-state index contributed by atoms with van der Waals surface area (Å²) in [6.45, 7) is 2.60. The molecule has 28 heavy (non-hydrogen) atoms. The molecule has 144 valence electrons. The predicted molar refractivity (Wildman–Crippen MR) is 102 cm³/mol. The maximum Gasteiger partial charge on any atom is 0.166 e. The van der Waals surface area contributed by atoms with Gasteiger partial charge in [-0.1, -0.05) is 0 Å². The first-order valence-electron chi connectivity index (χ1n) is 9.51. The summed E-state index contributed by atoms with van der Waals surface area (Å²) in [4.78, 5) is 14.0. The number of piperidine rings is 1. The fourth-order valence-electron chi connectivity index (χ4n) is 3.90. The lowest BCUT2D eigenvalue weighted by molar-refractivity contribution is -0.919. The number of likely N-dealkylation sites (tertiary alicyclic amines) is 1. The molecule has 0 atom stereocenters. The van der Waals surface area contributed by atoms with Crippen molar-refractivity contribution in [3.63, 3.8) is 0 Å². The number of ketones is 1. The van der Waals surface area contributed by atoms with Crippen LogP contribution in [0.5, 0.6) is 0 Å². The van der Waals surface area contributed by atoms with E-state index in [4.69, 9.17) is 0 Å². The zero-order valence-corrected chi connectivity index (χ0v) is 15.4. The number of H-pyrrole nitrogens is 1. The molecule has 4 nitrogen and oxygen atoms in total. The number of nitrogens with one attached hydrogen (secondary N) is 2. The van der Waals surface area contributed by atoms with E-state index in [0.29, 0.717) is 5.56 Å². The van der Waals surface area contributed by atoms with E-state index in [1.807, 2.05) is 6.20 Å². The van der Waals surface area contributed by atoms with Gasteiger partial charge in [0, 0.05) is 29.9 Å². The van der Waals surface area contributed by atoms with Gasteiger partial charge < -0.3 is 4.90 Å². The Balaban J connectivity index is 1.38. The van der Waals surface area contributed by atoms with Crippen LogP contribution in [0.25, 0.3) is 11.3 Å². The third kappa shape index (κ3) is 4.02. The van der Waals surface area contributed by atoms with Crippen molar-refractivity contribution in [1.82, 2.24) is 10.2 Å². The van der Waals surface area contributed by atoms with E-state index in [1.54, 1.807) is 24.3 Å². The number of hydrogen-bond acceptors (Lipinski definition) is 2. The Bertz CT molecular complexity index is 943.